The van der Waals surface area contributed by atoms with E-state index in [4.69, 9.17) is 10.3 Å². The normalized spacial score (nSPS) is 14.8. The van der Waals surface area contributed by atoms with E-state index >= 15 is 0 Å². The van der Waals surface area contributed by atoms with Crippen molar-refractivity contribution in [2.45, 2.75) is 77.4 Å². The quantitative estimate of drug-likeness (QED) is 0.322. The minimum absolute atomic E-state index is 0.606. The van der Waals surface area contributed by atoms with Crippen molar-refractivity contribution in [1.82, 2.24) is 0 Å². The molecule has 0 aliphatic rings. The van der Waals surface area contributed by atoms with Crippen LogP contribution in [0.2, 0.25) is 0 Å². The van der Waals surface area contributed by atoms with Gasteiger partial charge in [0, 0.05) is 0 Å². The zero-order valence-electron chi connectivity index (χ0n) is 10.9. The summed E-state index contributed by atoms with van der Waals surface area (Å²) in [5.41, 5.74) is 5.50. The minimum atomic E-state index is -2.23. The first-order valence-electron chi connectivity index (χ1n) is 6.70. The van der Waals surface area contributed by atoms with Crippen LogP contribution in [0.25, 0.3) is 0 Å². The molecule has 0 fully saturated rings. The van der Waals surface area contributed by atoms with Crippen LogP contribution in [0.15, 0.2) is 0 Å². The fraction of sp³-hybridized carbons (Fsp3) is 1.00. The van der Waals surface area contributed by atoms with Crippen LogP contribution in [0.1, 0.15) is 71.1 Å². The summed E-state index contributed by atoms with van der Waals surface area (Å²) in [6.07, 6.45) is 11.3. The smallest absolute Gasteiger partial charge is 0.303 e. The van der Waals surface area contributed by atoms with E-state index in [0.717, 1.165) is 12.8 Å². The molecule has 104 valence electrons. The van der Waals surface area contributed by atoms with Crippen LogP contribution in [0, 0.1) is 0 Å². The van der Waals surface area contributed by atoms with Crippen molar-refractivity contribution >= 4 is 11.4 Å². The molecule has 2 unspecified atom stereocenters. The van der Waals surface area contributed by atoms with Gasteiger partial charge in [0.05, 0.1) is 0 Å². The Hall–Kier alpha value is 0.0300. The van der Waals surface area contributed by atoms with Crippen molar-refractivity contribution in [2.75, 3.05) is 0 Å². The van der Waals surface area contributed by atoms with Crippen LogP contribution in [0.4, 0.5) is 0 Å². The van der Waals surface area contributed by atoms with E-state index in [1.807, 2.05) is 0 Å². The van der Waals surface area contributed by atoms with Crippen molar-refractivity contribution in [3.05, 3.63) is 0 Å². The van der Waals surface area contributed by atoms with Gasteiger partial charge in [0.25, 0.3) is 0 Å². The Balaban J connectivity index is 3.10. The van der Waals surface area contributed by atoms with E-state index in [1.165, 1.54) is 44.9 Å². The van der Waals surface area contributed by atoms with Gasteiger partial charge in [-0.2, -0.15) is 4.21 Å². The van der Waals surface area contributed by atoms with Crippen LogP contribution in [-0.2, 0) is 15.5 Å². The molecule has 0 aliphatic heterocycles. The zero-order chi connectivity index (χ0) is 12.9. The van der Waals surface area contributed by atoms with E-state index in [2.05, 4.69) is 11.1 Å². The minimum Gasteiger partial charge on any atom is -0.305 e. The number of hydrogen-bond acceptors (Lipinski definition) is 3. The molecule has 2 atom stereocenters. The van der Waals surface area contributed by atoms with Gasteiger partial charge in [0.15, 0.2) is 0 Å². The molecule has 0 saturated heterocycles. The third-order valence-corrected chi connectivity index (χ3v) is 3.21. The highest BCUT2D eigenvalue weighted by atomic mass is 32.2. The van der Waals surface area contributed by atoms with E-state index in [9.17, 15) is 4.21 Å². The molecule has 0 radical (unpaired) electrons. The van der Waals surface area contributed by atoms with Crippen LogP contribution in [0.3, 0.4) is 0 Å². The van der Waals surface area contributed by atoms with E-state index in [1.54, 1.807) is 0 Å². The second-order valence-electron chi connectivity index (χ2n) is 4.47. The molecule has 0 spiro atoms. The zero-order valence-corrected chi connectivity index (χ0v) is 11.7. The first-order chi connectivity index (χ1) is 8.16. The molecule has 0 heterocycles. The first kappa shape index (κ1) is 17.0. The first-order valence-corrected chi connectivity index (χ1v) is 7.73. The van der Waals surface area contributed by atoms with Gasteiger partial charge in [0.1, 0.15) is 6.23 Å². The molecular formula is C12H27NO3S. The number of rotatable bonds is 12. The molecule has 0 rings (SSSR count). The second kappa shape index (κ2) is 12.5. The van der Waals surface area contributed by atoms with E-state index in [0.29, 0.717) is 6.42 Å². The molecule has 5 heteroatoms. The summed E-state index contributed by atoms with van der Waals surface area (Å²) in [5.74, 6) is 0. The Morgan fingerprint density at radius 1 is 1.06 bits per heavy atom. The molecule has 0 bridgehead atoms. The molecule has 0 aromatic carbocycles. The summed E-state index contributed by atoms with van der Waals surface area (Å²) in [6.45, 7) is 2.23. The van der Waals surface area contributed by atoms with Gasteiger partial charge in [-0.3, -0.25) is 4.55 Å². The van der Waals surface area contributed by atoms with Crippen molar-refractivity contribution < 1.29 is 12.9 Å². The highest BCUT2D eigenvalue weighted by molar-refractivity contribution is 7.74. The average Bonchev–Trinajstić information content (AvgIpc) is 2.26. The molecule has 0 aromatic rings. The van der Waals surface area contributed by atoms with Crippen molar-refractivity contribution in [3.63, 3.8) is 0 Å². The summed E-state index contributed by atoms with van der Waals surface area (Å²) >= 11 is -2.23. The third-order valence-electron chi connectivity index (χ3n) is 2.80. The van der Waals surface area contributed by atoms with Gasteiger partial charge >= 0.3 is 11.4 Å². The van der Waals surface area contributed by atoms with Crippen molar-refractivity contribution in [2.24, 2.45) is 5.73 Å². The maximum atomic E-state index is 10.3. The van der Waals surface area contributed by atoms with E-state index in [-0.39, 0.29) is 0 Å². The molecule has 0 amide bonds. The standard InChI is InChI=1S/C12H27NO3S/c1-2-3-4-5-6-7-8-9-10-11-12(13)16-17(14)15/h12H,2-11,13H2,1H3,(H,14,15). The monoisotopic (exact) mass is 265 g/mol. The van der Waals surface area contributed by atoms with Crippen molar-refractivity contribution in [3.8, 4) is 0 Å². The number of unbranched alkanes of at least 4 members (excludes halogenated alkanes) is 8. The molecule has 3 N–H and O–H groups in total. The molecule has 0 aliphatic carbocycles. The van der Waals surface area contributed by atoms with Gasteiger partial charge in [-0.25, -0.2) is 4.18 Å². The Morgan fingerprint density at radius 2 is 1.53 bits per heavy atom. The van der Waals surface area contributed by atoms with Crippen LogP contribution < -0.4 is 5.73 Å². The lowest BCUT2D eigenvalue weighted by Gasteiger charge is -2.08. The van der Waals surface area contributed by atoms with Crippen LogP contribution >= 0.6 is 0 Å². The molecule has 0 aromatic heterocycles. The maximum Gasteiger partial charge on any atom is 0.303 e. The number of nitrogens with two attached hydrogens (primary N) is 1. The van der Waals surface area contributed by atoms with Crippen LogP contribution in [0.5, 0.6) is 0 Å². The summed E-state index contributed by atoms with van der Waals surface area (Å²) in [4.78, 5) is 0. The topological polar surface area (TPSA) is 72.5 Å². The molecule has 0 saturated carbocycles. The fourth-order valence-electron chi connectivity index (χ4n) is 1.81. The largest absolute Gasteiger partial charge is 0.305 e. The maximum absolute atomic E-state index is 10.3. The van der Waals surface area contributed by atoms with E-state index < -0.39 is 17.6 Å². The lowest BCUT2D eigenvalue weighted by molar-refractivity contribution is 0.196. The van der Waals surface area contributed by atoms with Crippen molar-refractivity contribution in [1.29, 1.82) is 0 Å². The van der Waals surface area contributed by atoms with Gasteiger partial charge in [-0.1, -0.05) is 58.3 Å². The SMILES string of the molecule is CCCCCCCCCCCC(N)OS(=O)O. The van der Waals surface area contributed by atoms with Gasteiger partial charge < -0.3 is 5.73 Å². The van der Waals surface area contributed by atoms with Crippen LogP contribution in [-0.4, -0.2) is 15.0 Å². The molecule has 4 nitrogen and oxygen atoms in total. The third kappa shape index (κ3) is 14.0. The van der Waals surface area contributed by atoms with Gasteiger partial charge in [-0.15, -0.1) is 0 Å². The Morgan fingerprint density at radius 3 is 2.00 bits per heavy atom. The second-order valence-corrected chi connectivity index (χ2v) is 5.10. The molecular weight excluding hydrogens is 238 g/mol. The van der Waals surface area contributed by atoms with Gasteiger partial charge in [-0.05, 0) is 12.8 Å². The lowest BCUT2D eigenvalue weighted by Crippen LogP contribution is -2.24. The summed E-state index contributed by atoms with van der Waals surface area (Å²) in [5, 5.41) is 0. The average molecular weight is 265 g/mol. The predicted octanol–water partition coefficient (Wildman–Crippen LogP) is 3.35. The lowest BCUT2D eigenvalue weighted by atomic mass is 10.1. The fourth-order valence-corrected chi connectivity index (χ4v) is 2.12. The Labute approximate surface area is 108 Å². The number of hydrogen-bond donors (Lipinski definition) is 2. The van der Waals surface area contributed by atoms with Gasteiger partial charge in [0.2, 0.25) is 0 Å². The molecule has 17 heavy (non-hydrogen) atoms. The Kier molecular flexibility index (Phi) is 12.5. The highest BCUT2D eigenvalue weighted by Gasteiger charge is 2.05. The predicted molar refractivity (Wildman–Crippen MR) is 71.7 cm³/mol. The summed E-state index contributed by atoms with van der Waals surface area (Å²) in [7, 11) is 0. The highest BCUT2D eigenvalue weighted by Crippen LogP contribution is 2.11. The summed E-state index contributed by atoms with van der Waals surface area (Å²) in [6, 6.07) is 0. The Bertz CT molecular complexity index is 191. The summed E-state index contributed by atoms with van der Waals surface area (Å²) < 4.78 is 23.2.